The van der Waals surface area contributed by atoms with E-state index in [0.29, 0.717) is 16.7 Å². The second-order valence-corrected chi connectivity index (χ2v) is 8.74. The van der Waals surface area contributed by atoms with Gasteiger partial charge >= 0.3 is 19.2 Å². The van der Waals surface area contributed by atoms with Crippen LogP contribution in [0.25, 0.3) is 0 Å². The second kappa shape index (κ2) is 7.76. The van der Waals surface area contributed by atoms with Crippen LogP contribution in [0.3, 0.4) is 0 Å². The van der Waals surface area contributed by atoms with Crippen molar-refractivity contribution in [1.29, 1.82) is 0 Å². The fourth-order valence-corrected chi connectivity index (χ4v) is 2.60. The first kappa shape index (κ1) is 22.2. The number of carbonyl (C=O) groups excluding carboxylic acids is 2. The Morgan fingerprint density at radius 3 is 2.18 bits per heavy atom. The van der Waals surface area contributed by atoms with Crippen LogP contribution in [0.1, 0.15) is 65.7 Å². The van der Waals surface area contributed by atoms with Gasteiger partial charge in [0, 0.05) is 11.2 Å². The van der Waals surface area contributed by atoms with Gasteiger partial charge in [-0.05, 0) is 73.6 Å². The van der Waals surface area contributed by atoms with Crippen molar-refractivity contribution in [1.82, 2.24) is 0 Å². The van der Waals surface area contributed by atoms with Gasteiger partial charge in [-0.15, -0.1) is 0 Å². The molecule has 2 rings (SSSR count). The van der Waals surface area contributed by atoms with Crippen molar-refractivity contribution in [3.63, 3.8) is 0 Å². The van der Waals surface area contributed by atoms with Gasteiger partial charge in [-0.1, -0.05) is 0 Å². The zero-order valence-corrected chi connectivity index (χ0v) is 18.0. The van der Waals surface area contributed by atoms with Gasteiger partial charge in [0.15, 0.2) is 0 Å². The number of esters is 1. The van der Waals surface area contributed by atoms with E-state index in [-0.39, 0.29) is 6.61 Å². The Bertz CT molecular complexity index is 738. The summed E-state index contributed by atoms with van der Waals surface area (Å²) >= 11 is 0. The maximum absolute atomic E-state index is 12.3. The van der Waals surface area contributed by atoms with Crippen molar-refractivity contribution >= 4 is 30.3 Å². The Labute approximate surface area is 167 Å². The largest absolute Gasteiger partial charge is 0.497 e. The van der Waals surface area contributed by atoms with Crippen molar-refractivity contribution in [3.05, 3.63) is 23.8 Å². The van der Waals surface area contributed by atoms with E-state index in [1.165, 1.54) is 0 Å². The van der Waals surface area contributed by atoms with Crippen LogP contribution in [-0.2, 0) is 18.8 Å². The normalized spacial score (nSPS) is 17.9. The van der Waals surface area contributed by atoms with Crippen LogP contribution in [0.15, 0.2) is 18.2 Å². The molecule has 7 nitrogen and oxygen atoms in total. The van der Waals surface area contributed by atoms with Gasteiger partial charge in [-0.2, -0.15) is 0 Å². The molecule has 1 aliphatic heterocycles. The Morgan fingerprint density at radius 2 is 1.68 bits per heavy atom. The summed E-state index contributed by atoms with van der Waals surface area (Å²) in [6.07, 6.45) is -0.603. The Hall–Kier alpha value is -2.06. The molecule has 0 saturated carbocycles. The fourth-order valence-electron chi connectivity index (χ4n) is 2.60. The third-order valence-electron chi connectivity index (χ3n) is 4.71. The van der Waals surface area contributed by atoms with Gasteiger partial charge in [-0.3, -0.25) is 5.32 Å². The van der Waals surface area contributed by atoms with Crippen LogP contribution in [0, 0.1) is 0 Å². The minimum absolute atomic E-state index is 0.266. The number of amides is 1. The highest BCUT2D eigenvalue weighted by Gasteiger charge is 2.52. The summed E-state index contributed by atoms with van der Waals surface area (Å²) in [5.74, 6) is -0.455. The number of hydrogen-bond acceptors (Lipinski definition) is 6. The molecule has 1 aliphatic rings. The molecule has 1 saturated heterocycles. The van der Waals surface area contributed by atoms with Gasteiger partial charge in [0.1, 0.15) is 5.60 Å². The predicted molar refractivity (Wildman–Crippen MR) is 108 cm³/mol. The van der Waals surface area contributed by atoms with E-state index in [2.05, 4.69) is 5.32 Å². The van der Waals surface area contributed by atoms with Crippen molar-refractivity contribution in [2.24, 2.45) is 0 Å². The molecule has 154 valence electrons. The van der Waals surface area contributed by atoms with Crippen molar-refractivity contribution < 1.29 is 28.4 Å². The van der Waals surface area contributed by atoms with Gasteiger partial charge in [0.05, 0.1) is 23.4 Å². The van der Waals surface area contributed by atoms with Crippen molar-refractivity contribution in [2.45, 2.75) is 72.2 Å². The molecule has 1 N–H and O–H groups in total. The lowest BCUT2D eigenvalue weighted by Crippen LogP contribution is -2.41. The zero-order chi connectivity index (χ0) is 21.3. The summed E-state index contributed by atoms with van der Waals surface area (Å²) < 4.78 is 22.6. The lowest BCUT2D eigenvalue weighted by molar-refractivity contribution is 0.00578. The number of anilines is 1. The average Bonchev–Trinajstić information content (AvgIpc) is 2.74. The van der Waals surface area contributed by atoms with Gasteiger partial charge in [0.2, 0.25) is 0 Å². The van der Waals surface area contributed by atoms with Crippen molar-refractivity contribution in [2.75, 3.05) is 11.9 Å². The predicted octanol–water partition coefficient (Wildman–Crippen LogP) is 3.51. The summed E-state index contributed by atoms with van der Waals surface area (Å²) in [7, 11) is -0.760. The first-order valence-corrected chi connectivity index (χ1v) is 9.42. The highest BCUT2D eigenvalue weighted by atomic mass is 16.7. The smallest absolute Gasteiger partial charge is 0.462 e. The molecule has 1 aromatic rings. The number of benzene rings is 1. The molecule has 8 heteroatoms. The van der Waals surface area contributed by atoms with E-state index in [0.717, 1.165) is 0 Å². The number of nitrogens with one attached hydrogen (secondary N) is 1. The first-order chi connectivity index (χ1) is 12.8. The zero-order valence-electron chi connectivity index (χ0n) is 18.0. The third-order valence-corrected chi connectivity index (χ3v) is 4.71. The summed E-state index contributed by atoms with van der Waals surface area (Å²) in [4.78, 5) is 24.4. The Morgan fingerprint density at radius 1 is 1.11 bits per heavy atom. The summed E-state index contributed by atoms with van der Waals surface area (Å²) in [6.45, 7) is 15.1. The Kier molecular flexibility index (Phi) is 6.16. The molecule has 0 radical (unpaired) electrons. The summed E-state index contributed by atoms with van der Waals surface area (Å²) in [5.41, 5.74) is -0.460. The quantitative estimate of drug-likeness (QED) is 0.625. The van der Waals surface area contributed by atoms with Gasteiger partial charge in [-0.25, -0.2) is 9.59 Å². The standard InChI is InChI=1S/C20H30BNO6/c1-9-25-16(23)13-10-11-15(22-17(24)26-18(2,3)4)14(12-13)21-27-19(5,6)20(7,8)28-21/h10-12H,9H2,1-8H3,(H,22,24). The molecular weight excluding hydrogens is 361 g/mol. The molecule has 28 heavy (non-hydrogen) atoms. The molecule has 0 bridgehead atoms. The fraction of sp³-hybridized carbons (Fsp3) is 0.600. The molecule has 1 heterocycles. The van der Waals surface area contributed by atoms with E-state index < -0.39 is 36.0 Å². The minimum Gasteiger partial charge on any atom is -0.462 e. The molecule has 0 spiro atoms. The van der Waals surface area contributed by atoms with Crippen LogP contribution in [0.5, 0.6) is 0 Å². The molecule has 1 amide bonds. The number of rotatable bonds is 4. The van der Waals surface area contributed by atoms with Gasteiger partial charge in [0.25, 0.3) is 0 Å². The van der Waals surface area contributed by atoms with Crippen molar-refractivity contribution in [3.8, 4) is 0 Å². The molecule has 1 fully saturated rings. The molecule has 1 aromatic carbocycles. The average molecular weight is 391 g/mol. The van der Waals surface area contributed by atoms with Crippen LogP contribution >= 0.6 is 0 Å². The highest BCUT2D eigenvalue weighted by molar-refractivity contribution is 6.64. The minimum atomic E-state index is -0.760. The third kappa shape index (κ3) is 5.05. The van der Waals surface area contributed by atoms with Gasteiger partial charge < -0.3 is 18.8 Å². The SMILES string of the molecule is CCOC(=O)c1ccc(NC(=O)OC(C)(C)C)c(B2OC(C)(C)C(C)(C)O2)c1. The summed E-state index contributed by atoms with van der Waals surface area (Å²) in [5, 5.41) is 2.72. The first-order valence-electron chi connectivity index (χ1n) is 9.42. The highest BCUT2D eigenvalue weighted by Crippen LogP contribution is 2.37. The number of ether oxygens (including phenoxy) is 2. The molecule has 0 atom stereocenters. The maximum Gasteiger partial charge on any atom is 0.497 e. The lowest BCUT2D eigenvalue weighted by Gasteiger charge is -2.32. The van der Waals surface area contributed by atoms with E-state index in [1.54, 1.807) is 45.9 Å². The monoisotopic (exact) mass is 391 g/mol. The molecular formula is C20H30BNO6. The van der Waals surface area contributed by atoms with E-state index >= 15 is 0 Å². The van der Waals surface area contributed by atoms with E-state index in [4.69, 9.17) is 18.8 Å². The lowest BCUT2D eigenvalue weighted by atomic mass is 9.77. The molecule has 0 aliphatic carbocycles. The molecule has 0 aromatic heterocycles. The maximum atomic E-state index is 12.3. The topological polar surface area (TPSA) is 83.1 Å². The number of carbonyl (C=O) groups is 2. The van der Waals surface area contributed by atoms with Crippen LogP contribution in [0.4, 0.5) is 10.5 Å². The molecule has 0 unspecified atom stereocenters. The number of hydrogen-bond donors (Lipinski definition) is 1. The van der Waals surface area contributed by atoms with E-state index in [1.807, 2.05) is 27.7 Å². The summed E-state index contributed by atoms with van der Waals surface area (Å²) in [6, 6.07) is 4.82. The van der Waals surface area contributed by atoms with Crippen LogP contribution in [0.2, 0.25) is 0 Å². The van der Waals surface area contributed by atoms with E-state index in [9.17, 15) is 9.59 Å². The van der Waals surface area contributed by atoms with Crippen LogP contribution in [-0.4, -0.2) is 42.6 Å². The Balaban J connectivity index is 2.40. The van der Waals surface area contributed by atoms with Crippen LogP contribution < -0.4 is 10.8 Å². The second-order valence-electron chi connectivity index (χ2n) is 8.74.